The van der Waals surface area contributed by atoms with Gasteiger partial charge in [-0.3, -0.25) is 14.6 Å². The molecule has 102 valence electrons. The van der Waals surface area contributed by atoms with Gasteiger partial charge in [0, 0.05) is 51.4 Å². The zero-order valence-electron chi connectivity index (χ0n) is 10.9. The summed E-state index contributed by atoms with van der Waals surface area (Å²) in [7, 11) is 0. The molecule has 2 bridgehead atoms. The van der Waals surface area contributed by atoms with Gasteiger partial charge in [-0.25, -0.2) is 0 Å². The Morgan fingerprint density at radius 1 is 1.42 bits per heavy atom. The minimum absolute atomic E-state index is 0.0611. The van der Waals surface area contributed by atoms with Crippen LogP contribution in [0.15, 0.2) is 28.9 Å². The molecule has 3 aliphatic rings. The highest BCUT2D eigenvalue weighted by Crippen LogP contribution is 2.14. The standard InChI is InChI=1S/C14H19N3O2/c18-14(4-3-13-2-1-9-19-13)15-10-12-11-16-5-7-17(12)8-6-16/h1-4,9,12H,5-8,10-11H2,(H,15,18)/b4-3+. The van der Waals surface area contributed by atoms with Crippen molar-refractivity contribution in [1.82, 2.24) is 15.1 Å². The maximum absolute atomic E-state index is 11.7. The number of hydrogen-bond acceptors (Lipinski definition) is 4. The SMILES string of the molecule is O=C(/C=C/c1ccco1)NCC1CN2CCN1CC2. The first-order valence-corrected chi connectivity index (χ1v) is 6.77. The first kappa shape index (κ1) is 12.4. The minimum Gasteiger partial charge on any atom is -0.465 e. The van der Waals surface area contributed by atoms with E-state index in [-0.39, 0.29) is 5.91 Å². The van der Waals surface area contributed by atoms with Crippen molar-refractivity contribution in [2.24, 2.45) is 0 Å². The Bertz CT molecular complexity index is 447. The van der Waals surface area contributed by atoms with Crippen molar-refractivity contribution in [3.63, 3.8) is 0 Å². The van der Waals surface area contributed by atoms with E-state index >= 15 is 0 Å². The number of fused-ring (bicyclic) bond motifs is 3. The van der Waals surface area contributed by atoms with Crippen LogP contribution in [0.3, 0.4) is 0 Å². The second kappa shape index (κ2) is 5.59. The van der Waals surface area contributed by atoms with Crippen molar-refractivity contribution in [2.75, 3.05) is 39.3 Å². The summed E-state index contributed by atoms with van der Waals surface area (Å²) in [5, 5.41) is 2.96. The quantitative estimate of drug-likeness (QED) is 0.798. The summed E-state index contributed by atoms with van der Waals surface area (Å²) in [5.74, 6) is 0.635. The Morgan fingerprint density at radius 2 is 2.26 bits per heavy atom. The molecule has 5 heteroatoms. The lowest BCUT2D eigenvalue weighted by Crippen LogP contribution is -2.63. The molecule has 4 heterocycles. The molecule has 1 aromatic heterocycles. The third-order valence-electron chi connectivity index (χ3n) is 3.85. The number of nitrogens with one attached hydrogen (secondary N) is 1. The van der Waals surface area contributed by atoms with Crippen LogP contribution >= 0.6 is 0 Å². The number of carbonyl (C=O) groups excluding carboxylic acids is 1. The largest absolute Gasteiger partial charge is 0.465 e. The lowest BCUT2D eigenvalue weighted by Gasteiger charge is -2.47. The molecule has 5 nitrogen and oxygen atoms in total. The van der Waals surface area contributed by atoms with Gasteiger partial charge in [0.05, 0.1) is 6.26 Å². The summed E-state index contributed by atoms with van der Waals surface area (Å²) in [6, 6.07) is 4.09. The number of piperazine rings is 3. The van der Waals surface area contributed by atoms with E-state index in [2.05, 4.69) is 15.1 Å². The predicted octanol–water partition coefficient (Wildman–Crippen LogP) is 0.409. The zero-order chi connectivity index (χ0) is 13.1. The number of rotatable bonds is 4. The fourth-order valence-electron chi connectivity index (χ4n) is 2.74. The monoisotopic (exact) mass is 261 g/mol. The molecule has 1 N–H and O–H groups in total. The van der Waals surface area contributed by atoms with Crippen molar-refractivity contribution >= 4 is 12.0 Å². The lowest BCUT2D eigenvalue weighted by atomic mass is 10.1. The van der Waals surface area contributed by atoms with Crippen LogP contribution < -0.4 is 5.32 Å². The molecule has 3 saturated heterocycles. The van der Waals surface area contributed by atoms with Crippen molar-refractivity contribution < 1.29 is 9.21 Å². The van der Waals surface area contributed by atoms with Crippen LogP contribution in [0.1, 0.15) is 5.76 Å². The third-order valence-corrected chi connectivity index (χ3v) is 3.85. The first-order chi connectivity index (χ1) is 9.31. The van der Waals surface area contributed by atoms with Crippen molar-refractivity contribution in [3.05, 3.63) is 30.2 Å². The molecule has 0 aliphatic carbocycles. The van der Waals surface area contributed by atoms with E-state index in [1.54, 1.807) is 18.4 Å². The molecule has 1 atom stereocenters. The maximum Gasteiger partial charge on any atom is 0.244 e. The molecule has 1 amide bonds. The molecule has 4 rings (SSSR count). The molecule has 0 spiro atoms. The molecule has 1 unspecified atom stereocenters. The van der Waals surface area contributed by atoms with E-state index in [4.69, 9.17) is 4.42 Å². The van der Waals surface area contributed by atoms with Crippen molar-refractivity contribution in [3.8, 4) is 0 Å². The Balaban J connectivity index is 1.46. The third kappa shape index (κ3) is 3.05. The number of carbonyl (C=O) groups is 1. The molecule has 1 aromatic rings. The Kier molecular flexibility index (Phi) is 3.66. The molecular formula is C14H19N3O2. The van der Waals surface area contributed by atoms with Crippen molar-refractivity contribution in [2.45, 2.75) is 6.04 Å². The van der Waals surface area contributed by atoms with Crippen LogP contribution in [-0.4, -0.2) is 61.0 Å². The maximum atomic E-state index is 11.7. The number of amides is 1. The second-order valence-corrected chi connectivity index (χ2v) is 5.08. The highest BCUT2D eigenvalue weighted by Gasteiger charge is 2.31. The van der Waals surface area contributed by atoms with E-state index in [0.29, 0.717) is 11.8 Å². The molecule has 0 saturated carbocycles. The molecule has 3 fully saturated rings. The van der Waals surface area contributed by atoms with Crippen LogP contribution in [0.2, 0.25) is 0 Å². The number of nitrogens with zero attached hydrogens (tertiary/aromatic N) is 2. The molecule has 0 radical (unpaired) electrons. The second-order valence-electron chi connectivity index (χ2n) is 5.08. The Labute approximate surface area is 112 Å². The van der Waals surface area contributed by atoms with Crippen molar-refractivity contribution in [1.29, 1.82) is 0 Å². The van der Waals surface area contributed by atoms with Crippen LogP contribution in [-0.2, 0) is 4.79 Å². The van der Waals surface area contributed by atoms with Gasteiger partial charge in [-0.2, -0.15) is 0 Å². The zero-order valence-corrected chi connectivity index (χ0v) is 10.9. The summed E-state index contributed by atoms with van der Waals surface area (Å²) in [4.78, 5) is 16.7. The summed E-state index contributed by atoms with van der Waals surface area (Å²) in [6.07, 6.45) is 4.81. The predicted molar refractivity (Wildman–Crippen MR) is 72.6 cm³/mol. The fraction of sp³-hybridized carbons (Fsp3) is 0.500. The summed E-state index contributed by atoms with van der Waals surface area (Å²) in [5.41, 5.74) is 0. The normalized spacial score (nSPS) is 29.8. The highest BCUT2D eigenvalue weighted by atomic mass is 16.3. The summed E-state index contributed by atoms with van der Waals surface area (Å²) in [6.45, 7) is 6.39. The van der Waals surface area contributed by atoms with Gasteiger partial charge in [-0.1, -0.05) is 0 Å². The smallest absolute Gasteiger partial charge is 0.244 e. The lowest BCUT2D eigenvalue weighted by molar-refractivity contribution is -0.117. The van der Waals surface area contributed by atoms with E-state index in [0.717, 1.165) is 26.2 Å². The number of hydrogen-bond donors (Lipinski definition) is 1. The average molecular weight is 261 g/mol. The number of furan rings is 1. The van der Waals surface area contributed by atoms with Gasteiger partial charge >= 0.3 is 0 Å². The van der Waals surface area contributed by atoms with Gasteiger partial charge in [0.25, 0.3) is 0 Å². The minimum atomic E-state index is -0.0611. The van der Waals surface area contributed by atoms with Crippen LogP contribution in [0.4, 0.5) is 0 Å². The molecular weight excluding hydrogens is 242 g/mol. The van der Waals surface area contributed by atoms with Gasteiger partial charge in [0.1, 0.15) is 5.76 Å². The fourth-order valence-corrected chi connectivity index (χ4v) is 2.74. The summed E-state index contributed by atoms with van der Waals surface area (Å²) < 4.78 is 5.14. The molecule has 19 heavy (non-hydrogen) atoms. The summed E-state index contributed by atoms with van der Waals surface area (Å²) >= 11 is 0. The van der Waals surface area contributed by atoms with Gasteiger partial charge in [0.15, 0.2) is 0 Å². The van der Waals surface area contributed by atoms with E-state index in [9.17, 15) is 4.79 Å². The Hall–Kier alpha value is -1.59. The van der Waals surface area contributed by atoms with Gasteiger partial charge < -0.3 is 9.73 Å². The van der Waals surface area contributed by atoms with Gasteiger partial charge in [-0.15, -0.1) is 0 Å². The van der Waals surface area contributed by atoms with Gasteiger partial charge in [-0.05, 0) is 18.2 Å². The van der Waals surface area contributed by atoms with Crippen LogP contribution in [0.5, 0.6) is 0 Å². The molecule has 3 aliphatic heterocycles. The van der Waals surface area contributed by atoms with E-state index in [1.165, 1.54) is 19.2 Å². The topological polar surface area (TPSA) is 48.7 Å². The highest BCUT2D eigenvalue weighted by molar-refractivity contribution is 5.91. The van der Waals surface area contributed by atoms with Crippen LogP contribution in [0.25, 0.3) is 6.08 Å². The van der Waals surface area contributed by atoms with E-state index < -0.39 is 0 Å². The first-order valence-electron chi connectivity index (χ1n) is 6.77. The van der Waals surface area contributed by atoms with Gasteiger partial charge in [0.2, 0.25) is 5.91 Å². The molecule has 0 aromatic carbocycles. The van der Waals surface area contributed by atoms with Crippen LogP contribution in [0, 0.1) is 0 Å². The van der Waals surface area contributed by atoms with E-state index in [1.807, 2.05) is 6.07 Å². The Morgan fingerprint density at radius 3 is 2.89 bits per heavy atom. The average Bonchev–Trinajstić information content (AvgIpc) is 2.97.